The van der Waals surface area contributed by atoms with Crippen molar-refractivity contribution in [1.82, 2.24) is 20.3 Å². The van der Waals surface area contributed by atoms with E-state index in [0.717, 1.165) is 10.6 Å². The summed E-state index contributed by atoms with van der Waals surface area (Å²) in [5, 5.41) is 3.09. The topological polar surface area (TPSA) is 130 Å². The number of sulfonamides is 1. The van der Waals surface area contributed by atoms with Crippen LogP contribution in [0.4, 0.5) is 10.1 Å². The van der Waals surface area contributed by atoms with E-state index < -0.39 is 21.7 Å². The molecule has 2 N–H and O–H groups in total. The maximum absolute atomic E-state index is 13.7. The summed E-state index contributed by atoms with van der Waals surface area (Å²) in [4.78, 5) is 25.4. The van der Waals surface area contributed by atoms with Crippen molar-refractivity contribution >= 4 is 43.8 Å². The van der Waals surface area contributed by atoms with E-state index >= 15 is 0 Å². The summed E-state index contributed by atoms with van der Waals surface area (Å²) in [5.41, 5.74) is 4.36. The van der Waals surface area contributed by atoms with E-state index in [1.807, 2.05) is 12.1 Å². The molecule has 0 aliphatic carbocycles. The molecule has 6 aromatic rings. The molecule has 0 saturated heterocycles. The first-order chi connectivity index (χ1) is 20.6. The van der Waals surface area contributed by atoms with Gasteiger partial charge in [-0.15, -0.1) is 0 Å². The summed E-state index contributed by atoms with van der Waals surface area (Å²) in [5.74, 6) is 0.425. The molecule has 0 aliphatic heterocycles. The summed E-state index contributed by atoms with van der Waals surface area (Å²) in [6, 6.07) is 17.9. The number of halogens is 1. The van der Waals surface area contributed by atoms with Crippen molar-refractivity contribution in [3.63, 3.8) is 0 Å². The molecule has 0 fully saturated rings. The molecule has 0 radical (unpaired) electrons. The van der Waals surface area contributed by atoms with Crippen LogP contribution in [0.2, 0.25) is 0 Å². The maximum atomic E-state index is 13.7. The highest BCUT2D eigenvalue weighted by molar-refractivity contribution is 7.92. The standard InChI is InChI=1S/C31H26FN5O5S/c1-33-31(38)27-21-15-20(18-9-12-25(41-3)22(14-18)29-35-23-6-5-13-34-30(23)36-29)24(37(2)43(4,39)40)16-26(21)42-28(27)17-7-10-19(32)11-8-17/h5-16H,1-4H3,(H,33,38)(H,34,35,36). The number of furan rings is 1. The molecule has 12 heteroatoms. The maximum Gasteiger partial charge on any atom is 0.255 e. The first-order valence-corrected chi connectivity index (χ1v) is 15.0. The highest BCUT2D eigenvalue weighted by Crippen LogP contribution is 2.43. The lowest BCUT2D eigenvalue weighted by atomic mass is 9.97. The second-order valence-electron chi connectivity index (χ2n) is 9.86. The number of imidazole rings is 1. The monoisotopic (exact) mass is 599 g/mol. The number of fused-ring (bicyclic) bond motifs is 2. The molecule has 0 spiro atoms. The number of benzene rings is 3. The molecular formula is C31H26FN5O5S. The number of H-pyrrole nitrogens is 1. The van der Waals surface area contributed by atoms with Crippen molar-refractivity contribution in [3.8, 4) is 39.6 Å². The molecule has 218 valence electrons. The fraction of sp³-hybridized carbons (Fsp3) is 0.129. The van der Waals surface area contributed by atoms with Crippen LogP contribution in [-0.2, 0) is 10.0 Å². The van der Waals surface area contributed by atoms with Crippen molar-refractivity contribution in [2.24, 2.45) is 0 Å². The van der Waals surface area contributed by atoms with Crippen molar-refractivity contribution in [2.75, 3.05) is 31.8 Å². The summed E-state index contributed by atoms with van der Waals surface area (Å²) < 4.78 is 52.2. The Balaban J connectivity index is 1.64. The predicted octanol–water partition coefficient (Wildman–Crippen LogP) is 5.61. The molecule has 43 heavy (non-hydrogen) atoms. The fourth-order valence-corrected chi connectivity index (χ4v) is 5.50. The number of nitrogens with one attached hydrogen (secondary N) is 2. The van der Waals surface area contributed by atoms with Gasteiger partial charge in [0.05, 0.1) is 30.2 Å². The molecule has 0 saturated carbocycles. The van der Waals surface area contributed by atoms with E-state index in [-0.39, 0.29) is 16.9 Å². The molecule has 0 atom stereocenters. The Hall–Kier alpha value is -5.23. The molecule has 0 unspecified atom stereocenters. The average molecular weight is 600 g/mol. The van der Waals surface area contributed by atoms with E-state index in [1.165, 1.54) is 38.4 Å². The second kappa shape index (κ2) is 10.6. The number of nitrogens with zero attached hydrogens (tertiary/aromatic N) is 3. The van der Waals surface area contributed by atoms with Crippen LogP contribution in [-0.4, -0.2) is 56.7 Å². The SMILES string of the molecule is CNC(=O)c1c(-c2ccc(F)cc2)oc2cc(N(C)S(C)(=O)=O)c(-c3ccc(OC)c(-c4nc5cccnc5[nH]4)c3)cc12. The van der Waals surface area contributed by atoms with Gasteiger partial charge in [-0.1, -0.05) is 6.07 Å². The lowest BCUT2D eigenvalue weighted by Gasteiger charge is -2.21. The number of carbonyl (C=O) groups is 1. The Morgan fingerprint density at radius 1 is 1.05 bits per heavy atom. The highest BCUT2D eigenvalue weighted by atomic mass is 32.2. The minimum atomic E-state index is -3.71. The van der Waals surface area contributed by atoms with Gasteiger partial charge in [0.2, 0.25) is 10.0 Å². The van der Waals surface area contributed by atoms with Crippen LogP contribution in [0.3, 0.4) is 0 Å². The fourth-order valence-electron chi connectivity index (χ4n) is 4.99. The van der Waals surface area contributed by atoms with Gasteiger partial charge in [-0.3, -0.25) is 9.10 Å². The Morgan fingerprint density at radius 2 is 1.79 bits per heavy atom. The van der Waals surface area contributed by atoms with Crippen LogP contribution in [0.5, 0.6) is 5.75 Å². The van der Waals surface area contributed by atoms with Crippen LogP contribution in [0.25, 0.3) is 56.0 Å². The third kappa shape index (κ3) is 4.95. The van der Waals surface area contributed by atoms with E-state index in [9.17, 15) is 17.6 Å². The number of anilines is 1. The highest BCUT2D eigenvalue weighted by Gasteiger charge is 2.26. The molecule has 10 nitrogen and oxygen atoms in total. The van der Waals surface area contributed by atoms with E-state index in [4.69, 9.17) is 9.15 Å². The summed E-state index contributed by atoms with van der Waals surface area (Å²) in [6.45, 7) is 0. The summed E-state index contributed by atoms with van der Waals surface area (Å²) in [6.07, 6.45) is 2.76. The molecule has 3 aromatic carbocycles. The number of hydrogen-bond acceptors (Lipinski definition) is 7. The number of pyridine rings is 1. The van der Waals surface area contributed by atoms with Gasteiger partial charge >= 0.3 is 0 Å². The zero-order valence-corrected chi connectivity index (χ0v) is 24.4. The predicted molar refractivity (Wildman–Crippen MR) is 163 cm³/mol. The number of ether oxygens (including phenoxy) is 1. The molecule has 0 bridgehead atoms. The van der Waals surface area contributed by atoms with E-state index in [0.29, 0.717) is 56.1 Å². The molecule has 3 aromatic heterocycles. The molecule has 1 amide bonds. The number of aromatic amines is 1. The van der Waals surface area contributed by atoms with Crippen LogP contribution in [0.15, 0.2) is 77.3 Å². The van der Waals surface area contributed by atoms with Gasteiger partial charge in [0.15, 0.2) is 5.65 Å². The van der Waals surface area contributed by atoms with Crippen LogP contribution >= 0.6 is 0 Å². The quantitative estimate of drug-likeness (QED) is 0.244. The first-order valence-electron chi connectivity index (χ1n) is 13.1. The smallest absolute Gasteiger partial charge is 0.255 e. The zero-order valence-electron chi connectivity index (χ0n) is 23.6. The number of carbonyl (C=O) groups excluding carboxylic acids is 1. The Labute approximate surface area is 246 Å². The molecular weight excluding hydrogens is 573 g/mol. The Morgan fingerprint density at radius 3 is 2.47 bits per heavy atom. The Kier molecular flexibility index (Phi) is 6.85. The summed E-state index contributed by atoms with van der Waals surface area (Å²) in [7, 11) is 0.782. The first kappa shape index (κ1) is 27.9. The van der Waals surface area contributed by atoms with Gasteiger partial charge < -0.3 is 19.5 Å². The van der Waals surface area contributed by atoms with E-state index in [2.05, 4.69) is 20.3 Å². The molecule has 3 heterocycles. The third-order valence-electron chi connectivity index (χ3n) is 7.22. The van der Waals surface area contributed by atoms with Gasteiger partial charge in [-0.25, -0.2) is 22.8 Å². The third-order valence-corrected chi connectivity index (χ3v) is 8.42. The van der Waals surface area contributed by atoms with Crippen molar-refractivity contribution in [2.45, 2.75) is 0 Å². The van der Waals surface area contributed by atoms with Crippen molar-refractivity contribution in [1.29, 1.82) is 0 Å². The number of hydrogen-bond donors (Lipinski definition) is 2. The Bertz CT molecular complexity index is 2110. The van der Waals surface area contributed by atoms with Crippen LogP contribution < -0.4 is 14.4 Å². The van der Waals surface area contributed by atoms with Gasteiger partial charge in [0.1, 0.15) is 34.3 Å². The normalized spacial score (nSPS) is 11.7. The van der Waals surface area contributed by atoms with Crippen LogP contribution in [0.1, 0.15) is 10.4 Å². The number of methoxy groups -OCH3 is 1. The lowest BCUT2D eigenvalue weighted by molar-refractivity contribution is 0.0964. The molecule has 6 rings (SSSR count). The minimum absolute atomic E-state index is 0.227. The number of amides is 1. The minimum Gasteiger partial charge on any atom is -0.496 e. The largest absolute Gasteiger partial charge is 0.496 e. The zero-order chi connectivity index (χ0) is 30.5. The van der Waals surface area contributed by atoms with Gasteiger partial charge in [-0.2, -0.15) is 0 Å². The second-order valence-corrected chi connectivity index (χ2v) is 11.9. The summed E-state index contributed by atoms with van der Waals surface area (Å²) >= 11 is 0. The molecule has 0 aliphatic rings. The van der Waals surface area contributed by atoms with Crippen molar-refractivity contribution < 1.29 is 26.8 Å². The van der Waals surface area contributed by atoms with Crippen LogP contribution in [0, 0.1) is 5.82 Å². The van der Waals surface area contributed by atoms with Gasteiger partial charge in [0, 0.05) is 42.9 Å². The lowest BCUT2D eigenvalue weighted by Crippen LogP contribution is -2.25. The van der Waals surface area contributed by atoms with Gasteiger partial charge in [-0.05, 0) is 60.2 Å². The van der Waals surface area contributed by atoms with Gasteiger partial charge in [0.25, 0.3) is 5.91 Å². The van der Waals surface area contributed by atoms with Crippen molar-refractivity contribution in [3.05, 3.63) is 84.3 Å². The number of rotatable bonds is 7. The van der Waals surface area contributed by atoms with E-state index in [1.54, 1.807) is 43.6 Å². The average Bonchev–Trinajstić information content (AvgIpc) is 3.61. The number of aromatic nitrogens is 3.